The molecule has 1 N–H and O–H groups in total. The molecule has 1 heterocycles. The molecule has 0 atom stereocenters. The molecule has 3 aromatic rings. The number of nitrogens with zero attached hydrogens (tertiary/aromatic N) is 3. The first kappa shape index (κ1) is 22.3. The number of azo groups is 1. The van der Waals surface area contributed by atoms with E-state index < -0.39 is 5.91 Å². The van der Waals surface area contributed by atoms with E-state index in [9.17, 15) is 14.7 Å². The Morgan fingerprint density at radius 2 is 1.76 bits per heavy atom. The van der Waals surface area contributed by atoms with Gasteiger partial charge >= 0.3 is 0 Å². The van der Waals surface area contributed by atoms with Gasteiger partial charge < -0.3 is 9.84 Å². The van der Waals surface area contributed by atoms with Crippen LogP contribution in [-0.4, -0.2) is 34.3 Å². The number of phenols is 1. The van der Waals surface area contributed by atoms with Gasteiger partial charge in [-0.3, -0.25) is 14.5 Å². The predicted molar refractivity (Wildman–Crippen MR) is 128 cm³/mol. The van der Waals surface area contributed by atoms with E-state index >= 15 is 0 Å². The molecule has 1 fully saturated rings. The molecule has 1 aliphatic rings. The zero-order valence-corrected chi connectivity index (χ0v) is 18.7. The number of benzene rings is 3. The van der Waals surface area contributed by atoms with Gasteiger partial charge in [0.2, 0.25) is 0 Å². The molecule has 2 amide bonds. The van der Waals surface area contributed by atoms with E-state index in [1.54, 1.807) is 12.1 Å². The Bertz CT molecular complexity index is 1240. The highest BCUT2D eigenvalue weighted by molar-refractivity contribution is 8.18. The Morgan fingerprint density at radius 3 is 2.55 bits per heavy atom. The molecule has 0 saturated carbocycles. The second kappa shape index (κ2) is 10.1. The molecule has 7 nitrogen and oxygen atoms in total. The van der Waals surface area contributed by atoms with Crippen LogP contribution in [0.15, 0.2) is 87.9 Å². The SMILES string of the molecule is Cc1cccc(OCCN2C(=O)S/C(=C\c3cc(N=Nc4ccccc4)ccc3O)C2=O)c1. The van der Waals surface area contributed by atoms with Gasteiger partial charge in [0.05, 0.1) is 22.8 Å². The van der Waals surface area contributed by atoms with Crippen molar-refractivity contribution < 1.29 is 19.4 Å². The fraction of sp³-hybridized carbons (Fsp3) is 0.120. The Labute approximate surface area is 195 Å². The van der Waals surface area contributed by atoms with E-state index in [0.29, 0.717) is 22.7 Å². The van der Waals surface area contributed by atoms with Crippen LogP contribution in [0, 0.1) is 6.92 Å². The van der Waals surface area contributed by atoms with Crippen molar-refractivity contribution in [1.82, 2.24) is 4.90 Å². The fourth-order valence-corrected chi connectivity index (χ4v) is 3.98. The predicted octanol–water partition coefficient (Wildman–Crippen LogP) is 6.23. The molecule has 1 aliphatic heterocycles. The number of aryl methyl sites for hydroxylation is 1. The first-order valence-corrected chi connectivity index (χ1v) is 11.1. The number of thioether (sulfide) groups is 1. The van der Waals surface area contributed by atoms with Crippen LogP contribution in [0.3, 0.4) is 0 Å². The Morgan fingerprint density at radius 1 is 0.970 bits per heavy atom. The molecule has 33 heavy (non-hydrogen) atoms. The number of amides is 2. The third-order valence-corrected chi connectivity index (χ3v) is 5.69. The quantitative estimate of drug-likeness (QED) is 0.334. The van der Waals surface area contributed by atoms with Gasteiger partial charge in [-0.05, 0) is 72.8 Å². The number of phenolic OH excluding ortho intramolecular Hbond substituents is 1. The molecule has 166 valence electrons. The molecule has 0 bridgehead atoms. The van der Waals surface area contributed by atoms with Crippen LogP contribution < -0.4 is 4.74 Å². The van der Waals surface area contributed by atoms with Crippen molar-refractivity contribution in [2.24, 2.45) is 10.2 Å². The summed E-state index contributed by atoms with van der Waals surface area (Å²) in [7, 11) is 0. The maximum absolute atomic E-state index is 12.8. The third kappa shape index (κ3) is 5.67. The first-order chi connectivity index (χ1) is 16.0. The van der Waals surface area contributed by atoms with E-state index in [2.05, 4.69) is 10.2 Å². The molecule has 8 heteroatoms. The Hall–Kier alpha value is -3.91. The van der Waals surface area contributed by atoms with Crippen molar-refractivity contribution in [2.75, 3.05) is 13.2 Å². The van der Waals surface area contributed by atoms with Crippen molar-refractivity contribution >= 4 is 40.4 Å². The maximum atomic E-state index is 12.8. The molecular weight excluding hydrogens is 438 g/mol. The van der Waals surface area contributed by atoms with Crippen LogP contribution in [0.4, 0.5) is 16.2 Å². The van der Waals surface area contributed by atoms with Crippen molar-refractivity contribution in [3.63, 3.8) is 0 Å². The summed E-state index contributed by atoms with van der Waals surface area (Å²) in [4.78, 5) is 26.5. The first-order valence-electron chi connectivity index (χ1n) is 10.2. The Kier molecular flexibility index (Phi) is 6.85. The van der Waals surface area contributed by atoms with Crippen molar-refractivity contribution in [3.8, 4) is 11.5 Å². The smallest absolute Gasteiger partial charge is 0.293 e. The molecule has 1 saturated heterocycles. The number of hydrogen-bond donors (Lipinski definition) is 1. The topological polar surface area (TPSA) is 91.6 Å². The Balaban J connectivity index is 1.44. The van der Waals surface area contributed by atoms with E-state index in [4.69, 9.17) is 4.74 Å². The summed E-state index contributed by atoms with van der Waals surface area (Å²) in [5, 5.41) is 18.2. The van der Waals surface area contributed by atoms with Gasteiger partial charge in [0, 0.05) is 5.56 Å². The monoisotopic (exact) mass is 459 g/mol. The van der Waals surface area contributed by atoms with E-state index in [0.717, 1.165) is 22.2 Å². The highest BCUT2D eigenvalue weighted by Crippen LogP contribution is 2.35. The fourth-order valence-electron chi connectivity index (χ4n) is 3.12. The number of aromatic hydroxyl groups is 1. The second-order valence-electron chi connectivity index (χ2n) is 7.28. The van der Waals surface area contributed by atoms with E-state index in [-0.39, 0.29) is 29.0 Å². The van der Waals surface area contributed by atoms with Gasteiger partial charge in [-0.25, -0.2) is 0 Å². The summed E-state index contributed by atoms with van der Waals surface area (Å²) in [6, 6.07) is 21.5. The number of rotatable bonds is 7. The summed E-state index contributed by atoms with van der Waals surface area (Å²) in [5.74, 6) is 0.237. The second-order valence-corrected chi connectivity index (χ2v) is 8.27. The summed E-state index contributed by atoms with van der Waals surface area (Å²) in [5.41, 5.74) is 2.64. The molecule has 3 aromatic carbocycles. The summed E-state index contributed by atoms with van der Waals surface area (Å²) in [6.45, 7) is 2.28. The lowest BCUT2D eigenvalue weighted by atomic mass is 10.1. The number of carbonyl (C=O) groups is 2. The van der Waals surface area contributed by atoms with Crippen molar-refractivity contribution in [2.45, 2.75) is 6.92 Å². The average Bonchev–Trinajstić information content (AvgIpc) is 3.07. The van der Waals surface area contributed by atoms with Gasteiger partial charge in [-0.2, -0.15) is 10.2 Å². The van der Waals surface area contributed by atoms with Crippen LogP contribution in [0.25, 0.3) is 6.08 Å². The number of carbonyl (C=O) groups excluding carboxylic acids is 2. The van der Waals surface area contributed by atoms with Crippen molar-refractivity contribution in [1.29, 1.82) is 0 Å². The lowest BCUT2D eigenvalue weighted by Gasteiger charge is -2.13. The van der Waals surface area contributed by atoms with Crippen LogP contribution in [0.1, 0.15) is 11.1 Å². The highest BCUT2D eigenvalue weighted by atomic mass is 32.2. The summed E-state index contributed by atoms with van der Waals surface area (Å²) >= 11 is 0.828. The summed E-state index contributed by atoms with van der Waals surface area (Å²) < 4.78 is 5.66. The van der Waals surface area contributed by atoms with Crippen LogP contribution in [0.5, 0.6) is 11.5 Å². The molecule has 0 aliphatic carbocycles. The number of hydrogen-bond acceptors (Lipinski definition) is 7. The lowest BCUT2D eigenvalue weighted by molar-refractivity contribution is -0.123. The van der Waals surface area contributed by atoms with Gasteiger partial charge in [0.25, 0.3) is 11.1 Å². The van der Waals surface area contributed by atoms with Gasteiger partial charge in [0.15, 0.2) is 0 Å². The van der Waals surface area contributed by atoms with Crippen LogP contribution >= 0.6 is 11.8 Å². The molecular formula is C25H21N3O4S. The average molecular weight is 460 g/mol. The van der Waals surface area contributed by atoms with Crippen LogP contribution in [-0.2, 0) is 4.79 Å². The standard InChI is InChI=1S/C25H21N3O4S/c1-17-6-5-9-21(14-17)32-13-12-28-24(30)23(33-25(28)31)16-18-15-20(10-11-22(18)29)27-26-19-7-3-2-4-8-19/h2-11,14-16,29H,12-13H2,1H3/b23-16-,27-26?. The van der Waals surface area contributed by atoms with Gasteiger partial charge in [-0.15, -0.1) is 0 Å². The molecule has 0 radical (unpaired) electrons. The van der Waals surface area contributed by atoms with Crippen LogP contribution in [0.2, 0.25) is 0 Å². The van der Waals surface area contributed by atoms with Gasteiger partial charge in [0.1, 0.15) is 18.1 Å². The third-order valence-electron chi connectivity index (χ3n) is 4.78. The zero-order valence-electron chi connectivity index (χ0n) is 17.8. The lowest BCUT2D eigenvalue weighted by Crippen LogP contribution is -2.32. The molecule has 0 aromatic heterocycles. The van der Waals surface area contributed by atoms with E-state index in [1.807, 2.05) is 61.5 Å². The number of imide groups is 1. The maximum Gasteiger partial charge on any atom is 0.293 e. The molecule has 4 rings (SSSR count). The normalized spacial score (nSPS) is 15.1. The van der Waals surface area contributed by atoms with Crippen molar-refractivity contribution in [3.05, 3.63) is 88.8 Å². The highest BCUT2D eigenvalue weighted by Gasteiger charge is 2.35. The minimum absolute atomic E-state index is 0.0248. The minimum Gasteiger partial charge on any atom is -0.507 e. The summed E-state index contributed by atoms with van der Waals surface area (Å²) in [6.07, 6.45) is 1.49. The number of ether oxygens (including phenoxy) is 1. The minimum atomic E-state index is -0.423. The molecule has 0 unspecified atom stereocenters. The van der Waals surface area contributed by atoms with Gasteiger partial charge in [-0.1, -0.05) is 30.3 Å². The largest absolute Gasteiger partial charge is 0.507 e. The molecule has 0 spiro atoms. The van der Waals surface area contributed by atoms with E-state index in [1.165, 1.54) is 12.1 Å². The zero-order chi connectivity index (χ0) is 23.2.